The number of halogens is 1. The maximum Gasteiger partial charge on any atom is 0.244 e. The molecule has 1 aliphatic heterocycles. The quantitative estimate of drug-likeness (QED) is 0.862. The van der Waals surface area contributed by atoms with Crippen LogP contribution >= 0.6 is 12.4 Å². The number of nitrogens with two attached hydrogens (primary N) is 2. The van der Waals surface area contributed by atoms with Crippen LogP contribution in [0.5, 0.6) is 0 Å². The Morgan fingerprint density at radius 1 is 1.27 bits per heavy atom. The van der Waals surface area contributed by atoms with E-state index in [2.05, 4.69) is 0 Å². The summed E-state index contributed by atoms with van der Waals surface area (Å²) in [5, 5.41) is 0. The lowest BCUT2D eigenvalue weighted by atomic mass is 9.92. The van der Waals surface area contributed by atoms with Crippen LogP contribution in [0.3, 0.4) is 0 Å². The maximum absolute atomic E-state index is 12.5. The number of hydrogen-bond donors (Lipinski definition) is 2. The standard InChI is InChI=1S/C16H23N3O2.ClH/c17-14(20)9-8-12-5-4-10-19(11-12)16(21)15(18)13-6-2-1-3-7-13;/h1-3,6-7,12,15H,4-5,8-11,18H2,(H2,17,20);1H. The van der Waals surface area contributed by atoms with Crippen LogP contribution in [0.1, 0.15) is 37.3 Å². The number of amides is 2. The minimum Gasteiger partial charge on any atom is -0.370 e. The molecule has 2 rings (SSSR count). The molecule has 1 heterocycles. The number of carbonyl (C=O) groups excluding carboxylic acids is 2. The summed E-state index contributed by atoms with van der Waals surface area (Å²) in [6.45, 7) is 1.42. The molecule has 5 nitrogen and oxygen atoms in total. The first-order valence-electron chi connectivity index (χ1n) is 7.45. The highest BCUT2D eigenvalue weighted by atomic mass is 35.5. The normalized spacial score (nSPS) is 19.1. The van der Waals surface area contributed by atoms with Crippen molar-refractivity contribution >= 4 is 24.2 Å². The molecule has 1 saturated heterocycles. The van der Waals surface area contributed by atoms with E-state index in [1.807, 2.05) is 35.2 Å². The lowest BCUT2D eigenvalue weighted by molar-refractivity contribution is -0.134. The second kappa shape index (κ2) is 8.76. The third-order valence-corrected chi connectivity index (χ3v) is 4.05. The van der Waals surface area contributed by atoms with Gasteiger partial charge in [-0.15, -0.1) is 12.4 Å². The number of nitrogens with zero attached hydrogens (tertiary/aromatic N) is 1. The largest absolute Gasteiger partial charge is 0.370 e. The van der Waals surface area contributed by atoms with E-state index < -0.39 is 6.04 Å². The summed E-state index contributed by atoms with van der Waals surface area (Å²) < 4.78 is 0. The first-order valence-corrected chi connectivity index (χ1v) is 7.45. The van der Waals surface area contributed by atoms with Gasteiger partial charge in [0.2, 0.25) is 11.8 Å². The van der Waals surface area contributed by atoms with E-state index in [9.17, 15) is 9.59 Å². The van der Waals surface area contributed by atoms with E-state index >= 15 is 0 Å². The molecule has 2 atom stereocenters. The first-order chi connectivity index (χ1) is 10.1. The SMILES string of the molecule is Cl.NC(=O)CCC1CCCN(C(=O)C(N)c2ccccc2)C1. The number of benzene rings is 1. The minimum absolute atomic E-state index is 0. The third kappa shape index (κ3) is 5.00. The molecule has 0 bridgehead atoms. The predicted octanol–water partition coefficient (Wildman–Crippen LogP) is 1.61. The van der Waals surface area contributed by atoms with Crippen molar-refractivity contribution in [2.75, 3.05) is 13.1 Å². The van der Waals surface area contributed by atoms with Crippen molar-refractivity contribution in [3.8, 4) is 0 Å². The highest BCUT2D eigenvalue weighted by molar-refractivity contribution is 5.85. The monoisotopic (exact) mass is 325 g/mol. The third-order valence-electron chi connectivity index (χ3n) is 4.05. The van der Waals surface area contributed by atoms with Crippen molar-refractivity contribution in [1.29, 1.82) is 0 Å². The molecule has 1 aromatic rings. The number of likely N-dealkylation sites (tertiary alicyclic amines) is 1. The highest BCUT2D eigenvalue weighted by Gasteiger charge is 2.27. The lowest BCUT2D eigenvalue weighted by Gasteiger charge is -2.34. The average Bonchev–Trinajstić information content (AvgIpc) is 2.52. The van der Waals surface area contributed by atoms with Gasteiger partial charge in [-0.25, -0.2) is 0 Å². The fourth-order valence-electron chi connectivity index (χ4n) is 2.85. The molecule has 0 radical (unpaired) electrons. The van der Waals surface area contributed by atoms with E-state index in [0.717, 1.165) is 31.4 Å². The summed E-state index contributed by atoms with van der Waals surface area (Å²) in [6.07, 6.45) is 3.13. The summed E-state index contributed by atoms with van der Waals surface area (Å²) in [7, 11) is 0. The Labute approximate surface area is 137 Å². The summed E-state index contributed by atoms with van der Waals surface area (Å²) >= 11 is 0. The molecule has 2 unspecified atom stereocenters. The van der Waals surface area contributed by atoms with Crippen LogP contribution in [0.15, 0.2) is 30.3 Å². The molecule has 0 aliphatic carbocycles. The Bertz CT molecular complexity index is 495. The molecule has 1 aromatic carbocycles. The molecular weight excluding hydrogens is 302 g/mol. The predicted molar refractivity (Wildman–Crippen MR) is 88.4 cm³/mol. The molecule has 0 saturated carbocycles. The fraction of sp³-hybridized carbons (Fsp3) is 0.500. The number of carbonyl (C=O) groups is 2. The van der Waals surface area contributed by atoms with Gasteiger partial charge in [-0.2, -0.15) is 0 Å². The molecule has 0 aromatic heterocycles. The zero-order chi connectivity index (χ0) is 15.2. The van der Waals surface area contributed by atoms with Crippen molar-refractivity contribution in [1.82, 2.24) is 4.90 Å². The summed E-state index contributed by atoms with van der Waals surface area (Å²) in [5.41, 5.74) is 12.1. The molecule has 4 N–H and O–H groups in total. The van der Waals surface area contributed by atoms with E-state index in [-0.39, 0.29) is 24.2 Å². The zero-order valence-electron chi connectivity index (χ0n) is 12.6. The maximum atomic E-state index is 12.5. The van der Waals surface area contributed by atoms with Gasteiger partial charge in [-0.3, -0.25) is 9.59 Å². The van der Waals surface area contributed by atoms with Crippen LogP contribution in [0.2, 0.25) is 0 Å². The van der Waals surface area contributed by atoms with Crippen LogP contribution < -0.4 is 11.5 Å². The van der Waals surface area contributed by atoms with Crippen molar-refractivity contribution in [3.63, 3.8) is 0 Å². The Kier molecular flexibility index (Phi) is 7.35. The van der Waals surface area contributed by atoms with Crippen molar-refractivity contribution in [2.24, 2.45) is 17.4 Å². The van der Waals surface area contributed by atoms with E-state index in [4.69, 9.17) is 11.5 Å². The van der Waals surface area contributed by atoms with Gasteiger partial charge in [0.25, 0.3) is 0 Å². The minimum atomic E-state index is -0.610. The molecule has 1 aliphatic rings. The van der Waals surface area contributed by atoms with Gasteiger partial charge >= 0.3 is 0 Å². The summed E-state index contributed by atoms with van der Waals surface area (Å²) in [5.74, 6) is 0.0302. The number of rotatable bonds is 5. The van der Waals surface area contributed by atoms with Crippen LogP contribution in [0.4, 0.5) is 0 Å². The molecule has 22 heavy (non-hydrogen) atoms. The molecule has 1 fully saturated rings. The van der Waals surface area contributed by atoms with E-state index in [1.165, 1.54) is 0 Å². The van der Waals surface area contributed by atoms with Crippen LogP contribution in [-0.4, -0.2) is 29.8 Å². The van der Waals surface area contributed by atoms with Crippen LogP contribution in [0.25, 0.3) is 0 Å². The van der Waals surface area contributed by atoms with Gasteiger partial charge < -0.3 is 16.4 Å². The van der Waals surface area contributed by atoms with Gasteiger partial charge in [0.05, 0.1) is 0 Å². The van der Waals surface area contributed by atoms with Crippen LogP contribution in [-0.2, 0) is 9.59 Å². The summed E-state index contributed by atoms with van der Waals surface area (Å²) in [4.78, 5) is 25.2. The second-order valence-corrected chi connectivity index (χ2v) is 5.69. The average molecular weight is 326 g/mol. The van der Waals surface area contributed by atoms with E-state index in [0.29, 0.717) is 18.9 Å². The Morgan fingerprint density at radius 2 is 1.95 bits per heavy atom. The molecule has 0 spiro atoms. The number of piperidine rings is 1. The van der Waals surface area contributed by atoms with Crippen molar-refractivity contribution in [2.45, 2.75) is 31.7 Å². The second-order valence-electron chi connectivity index (χ2n) is 5.69. The number of primary amides is 1. The van der Waals surface area contributed by atoms with Gasteiger partial charge in [0, 0.05) is 19.5 Å². The van der Waals surface area contributed by atoms with Crippen LogP contribution in [0, 0.1) is 5.92 Å². The molecule has 2 amide bonds. The molecule has 122 valence electrons. The topological polar surface area (TPSA) is 89.4 Å². The molecule has 6 heteroatoms. The fourth-order valence-corrected chi connectivity index (χ4v) is 2.85. The Balaban J connectivity index is 0.00000242. The lowest BCUT2D eigenvalue weighted by Crippen LogP contribution is -2.44. The van der Waals surface area contributed by atoms with Gasteiger partial charge in [0.1, 0.15) is 6.04 Å². The Hall–Kier alpha value is -1.59. The van der Waals surface area contributed by atoms with Gasteiger partial charge in [0.15, 0.2) is 0 Å². The molecular formula is C16H24ClN3O2. The highest BCUT2D eigenvalue weighted by Crippen LogP contribution is 2.23. The summed E-state index contributed by atoms with van der Waals surface area (Å²) in [6, 6.07) is 8.80. The van der Waals surface area contributed by atoms with E-state index in [1.54, 1.807) is 0 Å². The smallest absolute Gasteiger partial charge is 0.244 e. The van der Waals surface area contributed by atoms with Crippen molar-refractivity contribution < 1.29 is 9.59 Å². The zero-order valence-corrected chi connectivity index (χ0v) is 13.4. The van der Waals surface area contributed by atoms with Gasteiger partial charge in [-0.1, -0.05) is 30.3 Å². The van der Waals surface area contributed by atoms with Crippen molar-refractivity contribution in [3.05, 3.63) is 35.9 Å². The van der Waals surface area contributed by atoms with Gasteiger partial charge in [-0.05, 0) is 30.7 Å². The first kappa shape index (κ1) is 18.5. The number of hydrogen-bond acceptors (Lipinski definition) is 3. The Morgan fingerprint density at radius 3 is 2.59 bits per heavy atom.